The van der Waals surface area contributed by atoms with Gasteiger partial charge >= 0.3 is 0 Å². The molecule has 0 spiro atoms. The van der Waals surface area contributed by atoms with Gasteiger partial charge in [0.05, 0.1) is 11.0 Å². The Hall–Kier alpha value is -6.39. The van der Waals surface area contributed by atoms with Crippen LogP contribution < -0.4 is 0 Å². The van der Waals surface area contributed by atoms with Crippen molar-refractivity contribution in [3.63, 3.8) is 0 Å². The molecular weight excluding hydrogens is 609 g/mol. The highest BCUT2D eigenvalue weighted by Crippen LogP contribution is 2.54. The maximum Gasteiger partial charge on any atom is 0.238 e. The molecule has 50 heavy (non-hydrogen) atoms. The van der Waals surface area contributed by atoms with E-state index in [1.165, 1.54) is 54.9 Å². The average molecular weight is 641 g/mol. The van der Waals surface area contributed by atoms with Crippen LogP contribution in [0.25, 0.3) is 83.6 Å². The zero-order chi connectivity index (χ0) is 33.4. The highest BCUT2D eigenvalue weighted by atomic mass is 15.2. The quantitative estimate of drug-likeness (QED) is 0.192. The van der Waals surface area contributed by atoms with Gasteiger partial charge < -0.3 is 0 Å². The molecule has 0 atom stereocenters. The molecule has 2 aromatic heterocycles. The Kier molecular flexibility index (Phi) is 6.19. The van der Waals surface area contributed by atoms with Crippen molar-refractivity contribution >= 4 is 32.6 Å². The number of para-hydroxylation sites is 1. The largest absolute Gasteiger partial charge is 0.278 e. The molecule has 4 heteroatoms. The van der Waals surface area contributed by atoms with Crippen molar-refractivity contribution in [2.45, 2.75) is 19.3 Å². The van der Waals surface area contributed by atoms with Gasteiger partial charge in [0.1, 0.15) is 0 Å². The molecule has 0 N–H and O–H groups in total. The van der Waals surface area contributed by atoms with Crippen LogP contribution >= 0.6 is 0 Å². The Balaban J connectivity index is 1.27. The van der Waals surface area contributed by atoms with Crippen molar-refractivity contribution in [1.29, 1.82) is 0 Å². The second-order valence-electron chi connectivity index (χ2n) is 13.7. The van der Waals surface area contributed by atoms with Gasteiger partial charge in [0.15, 0.2) is 11.6 Å². The van der Waals surface area contributed by atoms with E-state index in [4.69, 9.17) is 15.0 Å². The maximum absolute atomic E-state index is 5.17. The first-order valence-electron chi connectivity index (χ1n) is 17.1. The third-order valence-corrected chi connectivity index (χ3v) is 10.4. The van der Waals surface area contributed by atoms with E-state index in [9.17, 15) is 0 Å². The Bertz CT molecular complexity index is 2710. The first kappa shape index (κ1) is 28.6. The van der Waals surface area contributed by atoms with Crippen molar-refractivity contribution in [2.24, 2.45) is 0 Å². The smallest absolute Gasteiger partial charge is 0.238 e. The number of aromatic nitrogens is 4. The lowest BCUT2D eigenvalue weighted by atomic mass is 9.79. The monoisotopic (exact) mass is 640 g/mol. The third-order valence-electron chi connectivity index (χ3n) is 10.4. The van der Waals surface area contributed by atoms with E-state index in [-0.39, 0.29) is 5.41 Å². The molecule has 9 aromatic rings. The molecule has 4 nitrogen and oxygen atoms in total. The number of fused-ring (bicyclic) bond motifs is 8. The summed E-state index contributed by atoms with van der Waals surface area (Å²) in [5, 5.41) is 4.94. The van der Waals surface area contributed by atoms with Crippen molar-refractivity contribution in [2.75, 3.05) is 0 Å². The molecular formula is C46H32N4. The second-order valence-corrected chi connectivity index (χ2v) is 13.7. The molecule has 0 saturated heterocycles. The lowest BCUT2D eigenvalue weighted by Crippen LogP contribution is -2.16. The molecule has 0 amide bonds. The standard InChI is InChI=1S/C46H32N4/c1-46(2)39-28-41-37(27-36(39)38-26-35(29-16-6-3-7-17-29)32-22-12-13-24-34(32)42(38)46)33-23-14-15-25-40(33)50(41)45-48-43(30-18-8-4-9-19-30)47-44(49-45)31-20-10-5-11-21-31/h3-28H,1-2H3. The normalized spacial score (nSPS) is 13.2. The molecule has 1 aliphatic carbocycles. The van der Waals surface area contributed by atoms with Gasteiger partial charge in [-0.15, -0.1) is 0 Å². The number of hydrogen-bond acceptors (Lipinski definition) is 3. The highest BCUT2D eigenvalue weighted by molar-refractivity contribution is 6.13. The van der Waals surface area contributed by atoms with Crippen LogP contribution in [0, 0.1) is 0 Å². The van der Waals surface area contributed by atoms with Crippen LogP contribution in [0.5, 0.6) is 0 Å². The zero-order valence-corrected chi connectivity index (χ0v) is 27.8. The van der Waals surface area contributed by atoms with Gasteiger partial charge in [-0.25, -0.2) is 4.98 Å². The maximum atomic E-state index is 5.17. The Morgan fingerprint density at radius 1 is 0.420 bits per heavy atom. The Morgan fingerprint density at radius 2 is 0.960 bits per heavy atom. The number of hydrogen-bond donors (Lipinski definition) is 0. The fourth-order valence-corrected chi connectivity index (χ4v) is 8.12. The zero-order valence-electron chi connectivity index (χ0n) is 27.8. The molecule has 0 saturated carbocycles. The molecule has 7 aromatic carbocycles. The Labute approximate surface area is 290 Å². The van der Waals surface area contributed by atoms with Crippen molar-refractivity contribution in [3.8, 4) is 51.0 Å². The molecule has 236 valence electrons. The van der Waals surface area contributed by atoms with Crippen LogP contribution in [0.1, 0.15) is 25.0 Å². The Morgan fingerprint density at radius 3 is 1.60 bits per heavy atom. The van der Waals surface area contributed by atoms with Crippen LogP contribution in [0.4, 0.5) is 0 Å². The predicted octanol–water partition coefficient (Wildman–Crippen LogP) is 11.4. The third kappa shape index (κ3) is 4.21. The lowest BCUT2D eigenvalue weighted by Gasteiger charge is -2.24. The molecule has 0 aliphatic heterocycles. The van der Waals surface area contributed by atoms with E-state index >= 15 is 0 Å². The van der Waals surface area contributed by atoms with Gasteiger partial charge in [0.2, 0.25) is 5.95 Å². The molecule has 1 aliphatic rings. The molecule has 0 bridgehead atoms. The van der Waals surface area contributed by atoms with Crippen molar-refractivity contribution < 1.29 is 0 Å². The van der Waals surface area contributed by atoms with E-state index in [1.54, 1.807) is 0 Å². The first-order valence-corrected chi connectivity index (χ1v) is 17.1. The van der Waals surface area contributed by atoms with E-state index < -0.39 is 0 Å². The van der Waals surface area contributed by atoms with E-state index in [2.05, 4.69) is 140 Å². The van der Waals surface area contributed by atoms with Crippen molar-refractivity contribution in [1.82, 2.24) is 19.5 Å². The fourth-order valence-electron chi connectivity index (χ4n) is 8.12. The van der Waals surface area contributed by atoms with Crippen molar-refractivity contribution in [3.05, 3.63) is 169 Å². The summed E-state index contributed by atoms with van der Waals surface area (Å²) in [7, 11) is 0. The van der Waals surface area contributed by atoms with Gasteiger partial charge in [-0.05, 0) is 68.4 Å². The van der Waals surface area contributed by atoms with Gasteiger partial charge in [-0.1, -0.05) is 147 Å². The molecule has 0 radical (unpaired) electrons. The number of rotatable bonds is 4. The van der Waals surface area contributed by atoms with Crippen LogP contribution in [-0.2, 0) is 5.41 Å². The summed E-state index contributed by atoms with van der Waals surface area (Å²) in [4.78, 5) is 15.3. The molecule has 0 unspecified atom stereocenters. The summed E-state index contributed by atoms with van der Waals surface area (Å²) in [6.45, 7) is 4.74. The van der Waals surface area contributed by atoms with E-state index in [0.717, 1.165) is 22.2 Å². The van der Waals surface area contributed by atoms with Gasteiger partial charge in [0.25, 0.3) is 0 Å². The first-order chi connectivity index (χ1) is 24.6. The van der Waals surface area contributed by atoms with Gasteiger partial charge in [-0.3, -0.25) is 4.57 Å². The predicted molar refractivity (Wildman–Crippen MR) is 206 cm³/mol. The second kappa shape index (κ2) is 10.8. The van der Waals surface area contributed by atoms with E-state index in [0.29, 0.717) is 17.6 Å². The molecule has 10 rings (SSSR count). The number of nitrogens with zero attached hydrogens (tertiary/aromatic N) is 4. The summed E-state index contributed by atoms with van der Waals surface area (Å²) < 4.78 is 2.23. The minimum atomic E-state index is -0.238. The summed E-state index contributed by atoms with van der Waals surface area (Å²) in [5.41, 5.74) is 11.6. The molecule has 2 heterocycles. The van der Waals surface area contributed by atoms with Crippen LogP contribution in [0.2, 0.25) is 0 Å². The minimum absolute atomic E-state index is 0.238. The fraction of sp³-hybridized carbons (Fsp3) is 0.0652. The van der Waals surface area contributed by atoms with Gasteiger partial charge in [-0.2, -0.15) is 9.97 Å². The molecule has 0 fully saturated rings. The number of benzene rings is 7. The van der Waals surface area contributed by atoms with Crippen LogP contribution in [0.3, 0.4) is 0 Å². The summed E-state index contributed by atoms with van der Waals surface area (Å²) in [6, 6.07) is 55.9. The van der Waals surface area contributed by atoms with Crippen LogP contribution in [0.15, 0.2) is 158 Å². The average Bonchev–Trinajstić information content (AvgIpc) is 3.62. The van der Waals surface area contributed by atoms with E-state index in [1.807, 2.05) is 36.4 Å². The summed E-state index contributed by atoms with van der Waals surface area (Å²) in [5.74, 6) is 1.90. The summed E-state index contributed by atoms with van der Waals surface area (Å²) in [6.07, 6.45) is 0. The SMILES string of the molecule is CC1(C)c2cc3c(cc2-c2cc(-c4ccccc4)c4ccccc4c21)c1ccccc1n3-c1nc(-c2ccccc2)nc(-c2ccccc2)n1. The van der Waals surface area contributed by atoms with Gasteiger partial charge in [0, 0.05) is 27.3 Å². The topological polar surface area (TPSA) is 43.6 Å². The van der Waals surface area contributed by atoms with Crippen LogP contribution in [-0.4, -0.2) is 19.5 Å². The minimum Gasteiger partial charge on any atom is -0.278 e. The lowest BCUT2D eigenvalue weighted by molar-refractivity contribution is 0.667. The highest BCUT2D eigenvalue weighted by Gasteiger charge is 2.38. The summed E-state index contributed by atoms with van der Waals surface area (Å²) >= 11 is 0.